The number of rotatable bonds is 10. The molecule has 0 aliphatic carbocycles. The standard InChI is InChI=1S/C19H32N2O2/c1-5-7-14-21(13-6-2)19(22)20-12-9-15-23-18-16(3)10-8-11-17(18)4/h8,10-11H,5-7,9,12-15H2,1-4H3,(H,20,22). The van der Waals surface area contributed by atoms with E-state index in [1.165, 1.54) is 0 Å². The fourth-order valence-electron chi connectivity index (χ4n) is 2.51. The third-order valence-corrected chi connectivity index (χ3v) is 3.81. The quantitative estimate of drug-likeness (QED) is 0.653. The predicted octanol–water partition coefficient (Wildman–Crippen LogP) is 4.29. The first kappa shape index (κ1) is 19.3. The van der Waals surface area contributed by atoms with Crippen LogP contribution in [0.1, 0.15) is 50.7 Å². The van der Waals surface area contributed by atoms with E-state index in [1.54, 1.807) is 0 Å². The molecule has 1 aromatic rings. The first-order chi connectivity index (χ1) is 11.1. The number of urea groups is 1. The topological polar surface area (TPSA) is 41.6 Å². The summed E-state index contributed by atoms with van der Waals surface area (Å²) in [5.41, 5.74) is 2.31. The number of para-hydroxylation sites is 1. The van der Waals surface area contributed by atoms with Crippen LogP contribution in [0.4, 0.5) is 4.79 Å². The maximum Gasteiger partial charge on any atom is 0.317 e. The number of carbonyl (C=O) groups is 1. The highest BCUT2D eigenvalue weighted by Gasteiger charge is 2.11. The molecular weight excluding hydrogens is 288 g/mol. The molecule has 0 fully saturated rings. The fraction of sp³-hybridized carbons (Fsp3) is 0.632. The maximum atomic E-state index is 12.2. The smallest absolute Gasteiger partial charge is 0.317 e. The van der Waals surface area contributed by atoms with Crippen LogP contribution in [0.3, 0.4) is 0 Å². The molecule has 0 heterocycles. The monoisotopic (exact) mass is 320 g/mol. The number of nitrogens with one attached hydrogen (secondary N) is 1. The van der Waals surface area contributed by atoms with Crippen LogP contribution in [0.5, 0.6) is 5.75 Å². The molecule has 0 aliphatic rings. The summed E-state index contributed by atoms with van der Waals surface area (Å²) in [6, 6.07) is 6.20. The number of hydrogen-bond acceptors (Lipinski definition) is 2. The second-order valence-corrected chi connectivity index (χ2v) is 6.00. The molecule has 23 heavy (non-hydrogen) atoms. The van der Waals surface area contributed by atoms with Crippen molar-refractivity contribution in [2.45, 2.75) is 53.4 Å². The number of amides is 2. The van der Waals surface area contributed by atoms with Crippen molar-refractivity contribution in [3.8, 4) is 5.75 Å². The molecule has 0 saturated heterocycles. The van der Waals surface area contributed by atoms with Crippen LogP contribution in [0.15, 0.2) is 18.2 Å². The molecule has 0 bridgehead atoms. The fourth-order valence-corrected chi connectivity index (χ4v) is 2.51. The van der Waals surface area contributed by atoms with E-state index < -0.39 is 0 Å². The van der Waals surface area contributed by atoms with Gasteiger partial charge < -0.3 is 15.0 Å². The van der Waals surface area contributed by atoms with Gasteiger partial charge in [-0.1, -0.05) is 38.5 Å². The summed E-state index contributed by atoms with van der Waals surface area (Å²) in [4.78, 5) is 14.1. The van der Waals surface area contributed by atoms with Gasteiger partial charge in [0, 0.05) is 19.6 Å². The zero-order valence-electron chi connectivity index (χ0n) is 15.2. The lowest BCUT2D eigenvalue weighted by atomic mass is 10.1. The van der Waals surface area contributed by atoms with Gasteiger partial charge in [-0.2, -0.15) is 0 Å². The number of aryl methyl sites for hydroxylation is 2. The molecule has 0 unspecified atom stereocenters. The minimum Gasteiger partial charge on any atom is -0.493 e. The van der Waals surface area contributed by atoms with Crippen LogP contribution in [-0.2, 0) is 0 Å². The third-order valence-electron chi connectivity index (χ3n) is 3.81. The van der Waals surface area contributed by atoms with Gasteiger partial charge in [-0.25, -0.2) is 4.79 Å². The van der Waals surface area contributed by atoms with E-state index in [4.69, 9.17) is 4.74 Å². The highest BCUT2D eigenvalue weighted by molar-refractivity contribution is 5.74. The van der Waals surface area contributed by atoms with Crippen molar-refractivity contribution in [2.75, 3.05) is 26.2 Å². The molecule has 1 N–H and O–H groups in total. The van der Waals surface area contributed by atoms with E-state index in [1.807, 2.05) is 11.0 Å². The second-order valence-electron chi connectivity index (χ2n) is 6.00. The van der Waals surface area contributed by atoms with E-state index in [2.05, 4.69) is 45.1 Å². The predicted molar refractivity (Wildman–Crippen MR) is 96.2 cm³/mol. The van der Waals surface area contributed by atoms with Gasteiger partial charge in [0.15, 0.2) is 0 Å². The highest BCUT2D eigenvalue weighted by atomic mass is 16.5. The lowest BCUT2D eigenvalue weighted by Crippen LogP contribution is -2.41. The van der Waals surface area contributed by atoms with Gasteiger partial charge >= 0.3 is 6.03 Å². The lowest BCUT2D eigenvalue weighted by Gasteiger charge is -2.22. The van der Waals surface area contributed by atoms with Crippen molar-refractivity contribution in [3.05, 3.63) is 29.3 Å². The molecule has 1 aromatic carbocycles. The average molecular weight is 320 g/mol. The highest BCUT2D eigenvalue weighted by Crippen LogP contribution is 2.22. The molecule has 2 amide bonds. The number of nitrogens with zero attached hydrogens (tertiary/aromatic N) is 1. The molecule has 0 spiro atoms. The van der Waals surface area contributed by atoms with Gasteiger partial charge in [-0.3, -0.25) is 0 Å². The van der Waals surface area contributed by atoms with Crippen molar-refractivity contribution >= 4 is 6.03 Å². The van der Waals surface area contributed by atoms with E-state index in [0.717, 1.165) is 55.6 Å². The molecule has 0 aliphatic heterocycles. The number of ether oxygens (including phenoxy) is 1. The van der Waals surface area contributed by atoms with E-state index >= 15 is 0 Å². The van der Waals surface area contributed by atoms with Gasteiger partial charge in [0.25, 0.3) is 0 Å². The normalized spacial score (nSPS) is 10.4. The summed E-state index contributed by atoms with van der Waals surface area (Å²) >= 11 is 0. The summed E-state index contributed by atoms with van der Waals surface area (Å²) in [5, 5.41) is 3.00. The Balaban J connectivity index is 2.29. The Bertz CT molecular complexity index is 454. The summed E-state index contributed by atoms with van der Waals surface area (Å²) in [6.07, 6.45) is 3.97. The van der Waals surface area contributed by atoms with Crippen molar-refractivity contribution in [2.24, 2.45) is 0 Å². The maximum absolute atomic E-state index is 12.2. The molecule has 0 saturated carbocycles. The number of hydrogen-bond donors (Lipinski definition) is 1. The van der Waals surface area contributed by atoms with Crippen LogP contribution in [0.2, 0.25) is 0 Å². The Morgan fingerprint density at radius 2 is 1.78 bits per heavy atom. The van der Waals surface area contributed by atoms with Gasteiger partial charge in [-0.05, 0) is 44.2 Å². The van der Waals surface area contributed by atoms with Crippen LogP contribution in [-0.4, -0.2) is 37.2 Å². The number of carbonyl (C=O) groups excluding carboxylic acids is 1. The van der Waals surface area contributed by atoms with Crippen molar-refractivity contribution in [3.63, 3.8) is 0 Å². The Morgan fingerprint density at radius 3 is 2.39 bits per heavy atom. The molecule has 0 atom stereocenters. The van der Waals surface area contributed by atoms with Gasteiger partial charge in [-0.15, -0.1) is 0 Å². The summed E-state index contributed by atoms with van der Waals surface area (Å²) in [7, 11) is 0. The zero-order valence-corrected chi connectivity index (χ0v) is 15.2. The minimum atomic E-state index is 0.0485. The molecular formula is C19H32N2O2. The largest absolute Gasteiger partial charge is 0.493 e. The van der Waals surface area contributed by atoms with Crippen molar-refractivity contribution < 1.29 is 9.53 Å². The second kappa shape index (κ2) is 10.9. The van der Waals surface area contributed by atoms with Gasteiger partial charge in [0.05, 0.1) is 6.61 Å². The average Bonchev–Trinajstić information content (AvgIpc) is 2.53. The third kappa shape index (κ3) is 6.93. The Morgan fingerprint density at radius 1 is 1.09 bits per heavy atom. The van der Waals surface area contributed by atoms with Gasteiger partial charge in [0.1, 0.15) is 5.75 Å². The molecule has 0 aromatic heterocycles. The lowest BCUT2D eigenvalue weighted by molar-refractivity contribution is 0.195. The molecule has 130 valence electrons. The van der Waals surface area contributed by atoms with Crippen molar-refractivity contribution in [1.82, 2.24) is 10.2 Å². The number of unbranched alkanes of at least 4 members (excludes halogenated alkanes) is 1. The van der Waals surface area contributed by atoms with Crippen LogP contribution in [0.25, 0.3) is 0 Å². The summed E-state index contributed by atoms with van der Waals surface area (Å²) in [6.45, 7) is 11.3. The summed E-state index contributed by atoms with van der Waals surface area (Å²) in [5.74, 6) is 0.967. The first-order valence-corrected chi connectivity index (χ1v) is 8.81. The Hall–Kier alpha value is -1.71. The van der Waals surface area contributed by atoms with Crippen LogP contribution >= 0.6 is 0 Å². The number of benzene rings is 1. The first-order valence-electron chi connectivity index (χ1n) is 8.81. The molecule has 4 heteroatoms. The van der Waals surface area contributed by atoms with E-state index in [9.17, 15) is 4.79 Å². The van der Waals surface area contributed by atoms with E-state index in [0.29, 0.717) is 13.2 Å². The van der Waals surface area contributed by atoms with E-state index in [-0.39, 0.29) is 6.03 Å². The van der Waals surface area contributed by atoms with Crippen LogP contribution < -0.4 is 10.1 Å². The Labute approximate surface area is 141 Å². The molecule has 1 rings (SSSR count). The zero-order chi connectivity index (χ0) is 17.1. The minimum absolute atomic E-state index is 0.0485. The van der Waals surface area contributed by atoms with Gasteiger partial charge in [0.2, 0.25) is 0 Å². The molecule has 4 nitrogen and oxygen atoms in total. The van der Waals surface area contributed by atoms with Crippen molar-refractivity contribution in [1.29, 1.82) is 0 Å². The SMILES string of the molecule is CCCCN(CCC)C(=O)NCCCOc1c(C)cccc1C. The Kier molecular flexibility index (Phi) is 9.18. The summed E-state index contributed by atoms with van der Waals surface area (Å²) < 4.78 is 5.86. The molecule has 0 radical (unpaired) electrons. The van der Waals surface area contributed by atoms with Crippen LogP contribution in [0, 0.1) is 13.8 Å².